The Kier molecular flexibility index (Phi) is 2.66. The smallest absolute Gasteiger partial charge is 0.0840 e. The molecule has 1 saturated heterocycles. The zero-order valence-corrected chi connectivity index (χ0v) is 8.51. The number of aryl methyl sites for hydroxylation is 1. The van der Waals surface area contributed by atoms with Crippen molar-refractivity contribution in [1.29, 1.82) is 0 Å². The third-order valence-corrected chi connectivity index (χ3v) is 2.52. The highest BCUT2D eigenvalue weighted by atomic mass is 15.1. The van der Waals surface area contributed by atoms with Crippen LogP contribution in [-0.4, -0.2) is 13.1 Å². The van der Waals surface area contributed by atoms with E-state index >= 15 is 0 Å². The lowest BCUT2D eigenvalue weighted by atomic mass is 10.1. The van der Waals surface area contributed by atoms with E-state index in [9.17, 15) is 0 Å². The van der Waals surface area contributed by atoms with E-state index in [1.165, 1.54) is 16.7 Å². The van der Waals surface area contributed by atoms with Crippen molar-refractivity contribution in [3.05, 3.63) is 47.5 Å². The van der Waals surface area contributed by atoms with E-state index in [0.717, 1.165) is 13.1 Å². The second-order valence-electron chi connectivity index (χ2n) is 3.86. The molecule has 2 heteroatoms. The molecule has 0 radical (unpaired) electrons. The van der Waals surface area contributed by atoms with Gasteiger partial charge in [-0.2, -0.15) is 0 Å². The number of benzene rings is 1. The molecule has 0 amide bonds. The lowest BCUT2D eigenvalue weighted by Gasteiger charge is -2.27. The van der Waals surface area contributed by atoms with Gasteiger partial charge in [0.2, 0.25) is 0 Å². The summed E-state index contributed by atoms with van der Waals surface area (Å²) in [5.74, 6) is 0. The molecule has 1 aromatic rings. The van der Waals surface area contributed by atoms with Crippen LogP contribution in [0.15, 0.2) is 36.4 Å². The van der Waals surface area contributed by atoms with Crippen molar-refractivity contribution in [3.8, 4) is 0 Å². The minimum atomic E-state index is 0.279. The summed E-state index contributed by atoms with van der Waals surface area (Å²) in [7, 11) is 0. The van der Waals surface area contributed by atoms with E-state index in [2.05, 4.69) is 48.4 Å². The number of hydrogen-bond donors (Lipinski definition) is 2. The topological polar surface area (TPSA) is 24.1 Å². The Hall–Kier alpha value is -1.12. The third-order valence-electron chi connectivity index (χ3n) is 2.52. The van der Waals surface area contributed by atoms with E-state index in [4.69, 9.17) is 0 Å². The van der Waals surface area contributed by atoms with Crippen molar-refractivity contribution in [3.63, 3.8) is 0 Å². The van der Waals surface area contributed by atoms with Crippen LogP contribution in [0.2, 0.25) is 0 Å². The van der Waals surface area contributed by atoms with Crippen LogP contribution in [0.25, 0.3) is 0 Å². The maximum absolute atomic E-state index is 3.93. The van der Waals surface area contributed by atoms with Crippen LogP contribution in [0.4, 0.5) is 0 Å². The van der Waals surface area contributed by atoms with Crippen molar-refractivity contribution in [2.45, 2.75) is 13.1 Å². The Morgan fingerprint density at radius 2 is 1.71 bits per heavy atom. The van der Waals surface area contributed by atoms with Crippen LogP contribution in [0.1, 0.15) is 17.3 Å². The van der Waals surface area contributed by atoms with Crippen LogP contribution in [0.5, 0.6) is 0 Å². The number of rotatable bonds is 1. The lowest BCUT2D eigenvalue weighted by molar-refractivity contribution is 0.430. The molecule has 0 spiro atoms. The van der Waals surface area contributed by atoms with E-state index in [1.807, 2.05) is 0 Å². The fraction of sp³-hybridized carbons (Fsp3) is 0.333. The monoisotopic (exact) mass is 188 g/mol. The summed E-state index contributed by atoms with van der Waals surface area (Å²) in [5.41, 5.74) is 3.81. The van der Waals surface area contributed by atoms with Crippen molar-refractivity contribution in [1.82, 2.24) is 10.6 Å². The minimum Gasteiger partial charge on any atom is -0.294 e. The maximum Gasteiger partial charge on any atom is 0.0840 e. The molecule has 0 unspecified atom stereocenters. The molecule has 1 fully saturated rings. The SMILES string of the molecule is C=C1CNC(c2ccc(C)cc2)NC1. The molecule has 2 rings (SSSR count). The number of nitrogens with one attached hydrogen (secondary N) is 2. The van der Waals surface area contributed by atoms with Gasteiger partial charge in [0.05, 0.1) is 6.17 Å². The molecular weight excluding hydrogens is 172 g/mol. The molecule has 1 aliphatic heterocycles. The molecular formula is C12H16N2. The van der Waals surface area contributed by atoms with Gasteiger partial charge >= 0.3 is 0 Å². The van der Waals surface area contributed by atoms with Gasteiger partial charge in [0.1, 0.15) is 0 Å². The van der Waals surface area contributed by atoms with Crippen molar-refractivity contribution in [2.24, 2.45) is 0 Å². The summed E-state index contributed by atoms with van der Waals surface area (Å²) in [6.07, 6.45) is 0.279. The molecule has 1 aromatic carbocycles. The van der Waals surface area contributed by atoms with E-state index in [1.54, 1.807) is 0 Å². The standard InChI is InChI=1S/C12H16N2/c1-9-3-5-11(6-4-9)12-13-7-10(2)8-14-12/h3-6,12-14H,2,7-8H2,1H3. The molecule has 0 saturated carbocycles. The van der Waals surface area contributed by atoms with Crippen LogP contribution in [0, 0.1) is 6.92 Å². The van der Waals surface area contributed by atoms with Gasteiger partial charge in [0.15, 0.2) is 0 Å². The third kappa shape index (κ3) is 2.03. The highest BCUT2D eigenvalue weighted by molar-refractivity contribution is 5.25. The summed E-state index contributed by atoms with van der Waals surface area (Å²) < 4.78 is 0. The highest BCUT2D eigenvalue weighted by Gasteiger charge is 2.14. The Bertz CT molecular complexity index is 317. The molecule has 2 nitrogen and oxygen atoms in total. The van der Waals surface area contributed by atoms with E-state index in [0.29, 0.717) is 0 Å². The summed E-state index contributed by atoms with van der Waals surface area (Å²) in [6.45, 7) is 7.85. The fourth-order valence-corrected chi connectivity index (χ4v) is 1.62. The molecule has 1 aliphatic rings. The van der Waals surface area contributed by atoms with Gasteiger partial charge in [0.25, 0.3) is 0 Å². The Labute approximate surface area is 85.0 Å². The molecule has 0 atom stereocenters. The summed E-state index contributed by atoms with van der Waals surface area (Å²) in [4.78, 5) is 0. The normalized spacial score (nSPS) is 18.5. The fourth-order valence-electron chi connectivity index (χ4n) is 1.62. The van der Waals surface area contributed by atoms with Crippen LogP contribution < -0.4 is 10.6 Å². The van der Waals surface area contributed by atoms with Crippen LogP contribution in [-0.2, 0) is 0 Å². The summed E-state index contributed by atoms with van der Waals surface area (Å²) >= 11 is 0. The Morgan fingerprint density at radius 3 is 2.29 bits per heavy atom. The summed E-state index contributed by atoms with van der Waals surface area (Å²) in [6, 6.07) is 8.60. The van der Waals surface area contributed by atoms with Crippen molar-refractivity contribution >= 4 is 0 Å². The van der Waals surface area contributed by atoms with Gasteiger partial charge < -0.3 is 0 Å². The first-order chi connectivity index (χ1) is 6.75. The van der Waals surface area contributed by atoms with Gasteiger partial charge in [-0.3, -0.25) is 10.6 Å². The average Bonchev–Trinajstić information content (AvgIpc) is 2.21. The van der Waals surface area contributed by atoms with Gasteiger partial charge in [0, 0.05) is 13.1 Å². The largest absolute Gasteiger partial charge is 0.294 e. The minimum absolute atomic E-state index is 0.279. The molecule has 0 bridgehead atoms. The molecule has 0 aliphatic carbocycles. The van der Waals surface area contributed by atoms with E-state index < -0.39 is 0 Å². The van der Waals surface area contributed by atoms with Gasteiger partial charge in [-0.25, -0.2) is 0 Å². The molecule has 74 valence electrons. The van der Waals surface area contributed by atoms with Gasteiger partial charge in [-0.15, -0.1) is 0 Å². The predicted molar refractivity (Wildman–Crippen MR) is 59.1 cm³/mol. The average molecular weight is 188 g/mol. The first-order valence-corrected chi connectivity index (χ1v) is 4.96. The lowest BCUT2D eigenvalue weighted by Crippen LogP contribution is -2.42. The predicted octanol–water partition coefficient (Wildman–Crippen LogP) is 1.74. The first kappa shape index (κ1) is 9.44. The van der Waals surface area contributed by atoms with Crippen molar-refractivity contribution < 1.29 is 0 Å². The zero-order chi connectivity index (χ0) is 9.97. The van der Waals surface area contributed by atoms with Crippen molar-refractivity contribution in [2.75, 3.05) is 13.1 Å². The summed E-state index contributed by atoms with van der Waals surface area (Å²) in [5, 5.41) is 6.79. The van der Waals surface area contributed by atoms with Crippen LogP contribution >= 0.6 is 0 Å². The molecule has 1 heterocycles. The van der Waals surface area contributed by atoms with E-state index in [-0.39, 0.29) is 6.17 Å². The molecule has 14 heavy (non-hydrogen) atoms. The van der Waals surface area contributed by atoms with Gasteiger partial charge in [-0.05, 0) is 18.1 Å². The molecule has 2 N–H and O–H groups in total. The second kappa shape index (κ2) is 3.95. The Morgan fingerprint density at radius 1 is 1.14 bits per heavy atom. The second-order valence-corrected chi connectivity index (χ2v) is 3.86. The first-order valence-electron chi connectivity index (χ1n) is 4.96. The quantitative estimate of drug-likeness (QED) is 0.656. The highest BCUT2D eigenvalue weighted by Crippen LogP contribution is 2.14. The van der Waals surface area contributed by atoms with Crippen LogP contribution in [0.3, 0.4) is 0 Å². The Balaban J connectivity index is 2.08. The molecule has 0 aromatic heterocycles. The maximum atomic E-state index is 3.93. The number of hydrogen-bond acceptors (Lipinski definition) is 2. The zero-order valence-electron chi connectivity index (χ0n) is 8.51. The van der Waals surface area contributed by atoms with Gasteiger partial charge in [-0.1, -0.05) is 36.4 Å².